The molecule has 21 heavy (non-hydrogen) atoms. The number of carbonyl (C=O) groups excluding carboxylic acids is 3. The molecular formula is C15H18N2O4. The molecule has 2 N–H and O–H groups in total. The van der Waals surface area contributed by atoms with E-state index in [4.69, 9.17) is 10.5 Å². The Bertz CT molecular complexity index is 568. The Morgan fingerprint density at radius 2 is 1.95 bits per heavy atom. The summed E-state index contributed by atoms with van der Waals surface area (Å²) in [6.45, 7) is 1.87. The summed E-state index contributed by atoms with van der Waals surface area (Å²) < 4.78 is 4.99. The number of rotatable bonds is 3. The highest BCUT2D eigenvalue weighted by molar-refractivity contribution is 6.08. The molecule has 1 aliphatic rings. The zero-order valence-electron chi connectivity index (χ0n) is 12.0. The monoisotopic (exact) mass is 290 g/mol. The van der Waals surface area contributed by atoms with E-state index in [9.17, 15) is 14.4 Å². The standard InChI is InChI=1S/C15H18N2O4/c1-3-21-15(20)13-11(8-12(18)17(2)14(13)19)9-4-6-10(16)7-5-9/h4-7,11,13H,3,8,16H2,1-2H3. The van der Waals surface area contributed by atoms with Gasteiger partial charge in [0.2, 0.25) is 11.8 Å². The number of likely N-dealkylation sites (tertiary alicyclic amines) is 1. The molecule has 2 rings (SSSR count). The molecule has 1 heterocycles. The van der Waals surface area contributed by atoms with Gasteiger partial charge in [0.25, 0.3) is 0 Å². The number of carbonyl (C=O) groups is 3. The van der Waals surface area contributed by atoms with E-state index in [1.165, 1.54) is 7.05 Å². The summed E-state index contributed by atoms with van der Waals surface area (Å²) in [6, 6.07) is 6.84. The third kappa shape index (κ3) is 2.89. The van der Waals surface area contributed by atoms with Crippen LogP contribution in [0.25, 0.3) is 0 Å². The number of nitrogen functional groups attached to an aromatic ring is 1. The van der Waals surface area contributed by atoms with Crippen molar-refractivity contribution in [1.29, 1.82) is 0 Å². The van der Waals surface area contributed by atoms with E-state index in [0.29, 0.717) is 5.69 Å². The molecule has 1 aliphatic heterocycles. The number of benzene rings is 1. The molecule has 1 aromatic rings. The van der Waals surface area contributed by atoms with Gasteiger partial charge in [0.15, 0.2) is 0 Å². The van der Waals surface area contributed by atoms with E-state index in [1.54, 1.807) is 31.2 Å². The Morgan fingerprint density at radius 1 is 1.33 bits per heavy atom. The maximum atomic E-state index is 12.3. The van der Waals surface area contributed by atoms with Crippen LogP contribution in [0, 0.1) is 5.92 Å². The highest BCUT2D eigenvalue weighted by atomic mass is 16.5. The summed E-state index contributed by atoms with van der Waals surface area (Å²) in [5.74, 6) is -2.92. The van der Waals surface area contributed by atoms with Crippen molar-refractivity contribution >= 4 is 23.5 Å². The van der Waals surface area contributed by atoms with Gasteiger partial charge in [0.1, 0.15) is 5.92 Å². The van der Waals surface area contributed by atoms with Crippen LogP contribution in [0.2, 0.25) is 0 Å². The molecule has 6 heteroatoms. The quantitative estimate of drug-likeness (QED) is 0.387. The zero-order valence-corrected chi connectivity index (χ0v) is 12.0. The molecule has 1 aromatic carbocycles. The lowest BCUT2D eigenvalue weighted by atomic mass is 9.79. The predicted molar refractivity (Wildman–Crippen MR) is 76.1 cm³/mol. The third-order valence-corrected chi connectivity index (χ3v) is 3.67. The van der Waals surface area contributed by atoms with Gasteiger partial charge in [0, 0.05) is 25.1 Å². The van der Waals surface area contributed by atoms with Gasteiger partial charge in [-0.05, 0) is 24.6 Å². The minimum Gasteiger partial charge on any atom is -0.465 e. The molecule has 2 unspecified atom stereocenters. The summed E-state index contributed by atoms with van der Waals surface area (Å²) in [5.41, 5.74) is 6.96. The molecule has 0 radical (unpaired) electrons. The Hall–Kier alpha value is -2.37. The van der Waals surface area contributed by atoms with Crippen molar-refractivity contribution in [3.8, 4) is 0 Å². The Balaban J connectivity index is 2.38. The van der Waals surface area contributed by atoms with E-state index in [0.717, 1.165) is 10.5 Å². The lowest BCUT2D eigenvalue weighted by Gasteiger charge is -2.33. The van der Waals surface area contributed by atoms with Crippen LogP contribution < -0.4 is 5.73 Å². The van der Waals surface area contributed by atoms with E-state index in [1.807, 2.05) is 0 Å². The number of hydrogen-bond acceptors (Lipinski definition) is 5. The van der Waals surface area contributed by atoms with Gasteiger partial charge in [-0.2, -0.15) is 0 Å². The van der Waals surface area contributed by atoms with Crippen molar-refractivity contribution in [1.82, 2.24) is 4.90 Å². The van der Waals surface area contributed by atoms with Gasteiger partial charge in [-0.25, -0.2) is 0 Å². The SMILES string of the molecule is CCOC(=O)C1C(=O)N(C)C(=O)CC1c1ccc(N)cc1. The second-order valence-corrected chi connectivity index (χ2v) is 5.00. The van der Waals surface area contributed by atoms with Crippen molar-refractivity contribution in [3.63, 3.8) is 0 Å². The Morgan fingerprint density at radius 3 is 2.52 bits per heavy atom. The molecule has 0 aromatic heterocycles. The number of hydrogen-bond donors (Lipinski definition) is 1. The van der Waals surface area contributed by atoms with Crippen molar-refractivity contribution in [3.05, 3.63) is 29.8 Å². The van der Waals surface area contributed by atoms with Crippen LogP contribution in [0.3, 0.4) is 0 Å². The predicted octanol–water partition coefficient (Wildman–Crippen LogP) is 0.920. The number of imide groups is 1. The van der Waals surface area contributed by atoms with Gasteiger partial charge >= 0.3 is 5.97 Å². The molecule has 0 saturated carbocycles. The average molecular weight is 290 g/mol. The van der Waals surface area contributed by atoms with Gasteiger partial charge in [-0.1, -0.05) is 12.1 Å². The van der Waals surface area contributed by atoms with Gasteiger partial charge in [0.05, 0.1) is 6.61 Å². The average Bonchev–Trinajstić information content (AvgIpc) is 2.45. The van der Waals surface area contributed by atoms with Crippen LogP contribution in [0.5, 0.6) is 0 Å². The number of esters is 1. The van der Waals surface area contributed by atoms with E-state index in [-0.39, 0.29) is 18.9 Å². The van der Waals surface area contributed by atoms with Crippen molar-refractivity contribution in [2.45, 2.75) is 19.3 Å². The van der Waals surface area contributed by atoms with Crippen LogP contribution in [0.1, 0.15) is 24.8 Å². The van der Waals surface area contributed by atoms with Crippen LogP contribution in [-0.4, -0.2) is 36.3 Å². The molecular weight excluding hydrogens is 272 g/mol. The number of anilines is 1. The molecule has 0 spiro atoms. The van der Waals surface area contributed by atoms with Crippen molar-refractivity contribution < 1.29 is 19.1 Å². The summed E-state index contributed by atoms with van der Waals surface area (Å²) >= 11 is 0. The molecule has 6 nitrogen and oxygen atoms in total. The first kappa shape index (κ1) is 15.0. The molecule has 2 amide bonds. The highest BCUT2D eigenvalue weighted by Gasteiger charge is 2.45. The summed E-state index contributed by atoms with van der Waals surface area (Å²) in [4.78, 5) is 37.3. The lowest BCUT2D eigenvalue weighted by molar-refractivity contribution is -0.162. The zero-order chi connectivity index (χ0) is 15.6. The first-order valence-electron chi connectivity index (χ1n) is 6.78. The largest absolute Gasteiger partial charge is 0.465 e. The van der Waals surface area contributed by atoms with Gasteiger partial charge < -0.3 is 10.5 Å². The molecule has 0 aliphatic carbocycles. The molecule has 0 bridgehead atoms. The second kappa shape index (κ2) is 5.95. The van der Waals surface area contributed by atoms with Crippen LogP contribution in [0.15, 0.2) is 24.3 Å². The maximum Gasteiger partial charge on any atom is 0.319 e. The Kier molecular flexibility index (Phi) is 4.26. The van der Waals surface area contributed by atoms with E-state index in [2.05, 4.69) is 0 Å². The first-order chi connectivity index (χ1) is 9.95. The van der Waals surface area contributed by atoms with Gasteiger partial charge in [-0.15, -0.1) is 0 Å². The molecule has 2 atom stereocenters. The number of piperidine rings is 1. The number of amides is 2. The van der Waals surface area contributed by atoms with E-state index >= 15 is 0 Å². The molecule has 1 fully saturated rings. The van der Waals surface area contributed by atoms with E-state index < -0.39 is 23.7 Å². The number of nitrogens with two attached hydrogens (primary N) is 1. The minimum absolute atomic E-state index is 0.0929. The molecule has 112 valence electrons. The summed E-state index contributed by atoms with van der Waals surface area (Å²) in [7, 11) is 1.39. The second-order valence-electron chi connectivity index (χ2n) is 5.00. The lowest BCUT2D eigenvalue weighted by Crippen LogP contribution is -2.49. The number of ether oxygens (including phenoxy) is 1. The fraction of sp³-hybridized carbons (Fsp3) is 0.400. The third-order valence-electron chi connectivity index (χ3n) is 3.67. The topological polar surface area (TPSA) is 89.7 Å². The summed E-state index contributed by atoms with van der Waals surface area (Å²) in [5, 5.41) is 0. The first-order valence-corrected chi connectivity index (χ1v) is 6.78. The van der Waals surface area contributed by atoms with Crippen LogP contribution in [0.4, 0.5) is 5.69 Å². The van der Waals surface area contributed by atoms with Gasteiger partial charge in [-0.3, -0.25) is 19.3 Å². The fourth-order valence-corrected chi connectivity index (χ4v) is 2.50. The van der Waals surface area contributed by atoms with Crippen molar-refractivity contribution in [2.24, 2.45) is 5.92 Å². The smallest absolute Gasteiger partial charge is 0.319 e. The Labute approximate surface area is 122 Å². The highest BCUT2D eigenvalue weighted by Crippen LogP contribution is 2.35. The fourth-order valence-electron chi connectivity index (χ4n) is 2.50. The normalized spacial score (nSPS) is 22.3. The number of nitrogens with zero attached hydrogens (tertiary/aromatic N) is 1. The summed E-state index contributed by atoms with van der Waals surface area (Å²) in [6.07, 6.45) is 0.0929. The van der Waals surface area contributed by atoms with Crippen molar-refractivity contribution in [2.75, 3.05) is 19.4 Å². The van der Waals surface area contributed by atoms with Crippen LogP contribution in [-0.2, 0) is 19.1 Å². The molecule has 1 saturated heterocycles. The van der Waals surface area contributed by atoms with Crippen LogP contribution >= 0.6 is 0 Å². The maximum absolute atomic E-state index is 12.3. The minimum atomic E-state index is -0.990.